The van der Waals surface area contributed by atoms with Crippen LogP contribution < -0.4 is 9.80 Å². The molecule has 1 atom stereocenters. The second-order valence-corrected chi connectivity index (χ2v) is 5.65. The SMILES string of the molecule is CCN(CC)c1ccc(N2CC(Br)CC2=O)cn1. The van der Waals surface area contributed by atoms with Crippen molar-refractivity contribution < 1.29 is 4.79 Å². The summed E-state index contributed by atoms with van der Waals surface area (Å²) in [6.07, 6.45) is 2.36. The molecule has 1 aliphatic rings. The fourth-order valence-electron chi connectivity index (χ4n) is 2.19. The van der Waals surface area contributed by atoms with E-state index in [1.54, 1.807) is 11.1 Å². The molecule has 1 aliphatic heterocycles. The van der Waals surface area contributed by atoms with E-state index in [0.29, 0.717) is 6.42 Å². The van der Waals surface area contributed by atoms with E-state index >= 15 is 0 Å². The number of nitrogens with zero attached hydrogens (tertiary/aromatic N) is 3. The van der Waals surface area contributed by atoms with E-state index in [-0.39, 0.29) is 10.7 Å². The summed E-state index contributed by atoms with van der Waals surface area (Å²) in [6.45, 7) is 6.83. The van der Waals surface area contributed by atoms with Gasteiger partial charge in [-0.25, -0.2) is 4.98 Å². The predicted octanol–water partition coefficient (Wildman–Crippen LogP) is 2.43. The van der Waals surface area contributed by atoms with Gasteiger partial charge in [-0.1, -0.05) is 15.9 Å². The quantitative estimate of drug-likeness (QED) is 0.801. The summed E-state index contributed by atoms with van der Waals surface area (Å²) < 4.78 is 0. The van der Waals surface area contributed by atoms with Crippen molar-refractivity contribution >= 4 is 33.3 Å². The molecule has 0 spiro atoms. The number of carbonyl (C=O) groups is 1. The van der Waals surface area contributed by atoms with Gasteiger partial charge < -0.3 is 9.80 Å². The summed E-state index contributed by atoms with van der Waals surface area (Å²) in [6, 6.07) is 3.96. The topological polar surface area (TPSA) is 36.4 Å². The van der Waals surface area contributed by atoms with E-state index in [4.69, 9.17) is 0 Å². The van der Waals surface area contributed by atoms with Crippen LogP contribution in [0.3, 0.4) is 0 Å². The standard InChI is InChI=1S/C13H18BrN3O/c1-3-16(4-2)12-6-5-11(8-15-12)17-9-10(14)7-13(17)18/h5-6,8,10H,3-4,7,9H2,1-2H3. The van der Waals surface area contributed by atoms with Gasteiger partial charge in [0.15, 0.2) is 0 Å². The largest absolute Gasteiger partial charge is 0.357 e. The molecule has 1 fully saturated rings. The van der Waals surface area contributed by atoms with Crippen molar-refractivity contribution in [3.8, 4) is 0 Å². The van der Waals surface area contributed by atoms with Crippen LogP contribution in [-0.2, 0) is 4.79 Å². The van der Waals surface area contributed by atoms with E-state index in [1.165, 1.54) is 0 Å². The van der Waals surface area contributed by atoms with Crippen molar-refractivity contribution in [2.75, 3.05) is 29.4 Å². The highest BCUT2D eigenvalue weighted by Crippen LogP contribution is 2.25. The molecule has 0 aromatic carbocycles. The Bertz CT molecular complexity index is 417. The Morgan fingerprint density at radius 3 is 2.61 bits per heavy atom. The van der Waals surface area contributed by atoms with Crippen LogP contribution in [0.1, 0.15) is 20.3 Å². The molecule has 0 bridgehead atoms. The first-order chi connectivity index (χ1) is 8.65. The van der Waals surface area contributed by atoms with Crippen LogP contribution in [-0.4, -0.2) is 35.4 Å². The van der Waals surface area contributed by atoms with Gasteiger partial charge in [0.2, 0.25) is 5.91 Å². The number of halogens is 1. The van der Waals surface area contributed by atoms with E-state index in [1.807, 2.05) is 12.1 Å². The maximum Gasteiger partial charge on any atom is 0.228 e. The van der Waals surface area contributed by atoms with Crippen LogP contribution in [0, 0.1) is 0 Å². The molecule has 1 aromatic rings. The molecule has 5 heteroatoms. The molecule has 4 nitrogen and oxygen atoms in total. The van der Waals surface area contributed by atoms with Crippen LogP contribution in [0.15, 0.2) is 18.3 Å². The number of alkyl halides is 1. The lowest BCUT2D eigenvalue weighted by Crippen LogP contribution is -2.26. The molecule has 2 heterocycles. The van der Waals surface area contributed by atoms with Crippen LogP contribution in [0.25, 0.3) is 0 Å². The van der Waals surface area contributed by atoms with Crippen molar-refractivity contribution in [3.63, 3.8) is 0 Å². The molecule has 1 unspecified atom stereocenters. The minimum Gasteiger partial charge on any atom is -0.357 e. The summed E-state index contributed by atoms with van der Waals surface area (Å²) in [5, 5.41) is 0. The summed E-state index contributed by atoms with van der Waals surface area (Å²) in [7, 11) is 0. The van der Waals surface area contributed by atoms with Crippen molar-refractivity contribution in [2.45, 2.75) is 25.1 Å². The molecule has 0 aliphatic carbocycles. The van der Waals surface area contributed by atoms with Gasteiger partial charge in [0, 0.05) is 30.9 Å². The van der Waals surface area contributed by atoms with E-state index in [0.717, 1.165) is 31.1 Å². The lowest BCUT2D eigenvalue weighted by atomic mass is 10.3. The van der Waals surface area contributed by atoms with E-state index in [9.17, 15) is 4.79 Å². The average Bonchev–Trinajstić information content (AvgIpc) is 2.71. The smallest absolute Gasteiger partial charge is 0.228 e. The Balaban J connectivity index is 2.15. The Hall–Kier alpha value is -1.10. The molecular weight excluding hydrogens is 294 g/mol. The third-order valence-electron chi connectivity index (χ3n) is 3.21. The monoisotopic (exact) mass is 311 g/mol. The first kappa shape index (κ1) is 13.3. The van der Waals surface area contributed by atoms with Gasteiger partial charge in [0.1, 0.15) is 5.82 Å². The number of rotatable bonds is 4. The highest BCUT2D eigenvalue weighted by Gasteiger charge is 2.28. The number of amides is 1. The van der Waals surface area contributed by atoms with Gasteiger partial charge in [-0.2, -0.15) is 0 Å². The van der Waals surface area contributed by atoms with Crippen molar-refractivity contribution in [2.24, 2.45) is 0 Å². The Morgan fingerprint density at radius 1 is 1.44 bits per heavy atom. The number of hydrogen-bond donors (Lipinski definition) is 0. The number of pyridine rings is 1. The van der Waals surface area contributed by atoms with Gasteiger partial charge in [-0.05, 0) is 26.0 Å². The third kappa shape index (κ3) is 2.66. The Kier molecular flexibility index (Phi) is 4.22. The fourth-order valence-corrected chi connectivity index (χ4v) is 2.75. The van der Waals surface area contributed by atoms with Crippen LogP contribution in [0.2, 0.25) is 0 Å². The van der Waals surface area contributed by atoms with Crippen molar-refractivity contribution in [1.82, 2.24) is 4.98 Å². The maximum absolute atomic E-state index is 11.8. The second-order valence-electron chi connectivity index (χ2n) is 4.35. The zero-order valence-electron chi connectivity index (χ0n) is 10.8. The second kappa shape index (κ2) is 5.69. The molecule has 1 aromatic heterocycles. The molecule has 2 rings (SSSR count). The maximum atomic E-state index is 11.8. The number of aromatic nitrogens is 1. The molecule has 1 saturated heterocycles. The average molecular weight is 312 g/mol. The lowest BCUT2D eigenvalue weighted by molar-refractivity contribution is -0.117. The third-order valence-corrected chi connectivity index (χ3v) is 3.82. The summed E-state index contributed by atoms with van der Waals surface area (Å²) >= 11 is 3.49. The highest BCUT2D eigenvalue weighted by atomic mass is 79.9. The lowest BCUT2D eigenvalue weighted by Gasteiger charge is -2.21. The van der Waals surface area contributed by atoms with Gasteiger partial charge in [-0.3, -0.25) is 4.79 Å². The first-order valence-electron chi connectivity index (χ1n) is 6.31. The highest BCUT2D eigenvalue weighted by molar-refractivity contribution is 9.09. The van der Waals surface area contributed by atoms with Gasteiger partial charge in [0.05, 0.1) is 11.9 Å². The molecule has 0 N–H and O–H groups in total. The summed E-state index contributed by atoms with van der Waals surface area (Å²) in [5.41, 5.74) is 0.887. The predicted molar refractivity (Wildman–Crippen MR) is 77.5 cm³/mol. The normalized spacial score (nSPS) is 19.4. The molecule has 0 saturated carbocycles. The molecule has 98 valence electrons. The van der Waals surface area contributed by atoms with Crippen LogP contribution in [0.4, 0.5) is 11.5 Å². The van der Waals surface area contributed by atoms with E-state index < -0.39 is 0 Å². The van der Waals surface area contributed by atoms with Crippen molar-refractivity contribution in [3.05, 3.63) is 18.3 Å². The minimum atomic E-state index is 0.161. The number of anilines is 2. The summed E-state index contributed by atoms with van der Waals surface area (Å²) in [4.78, 5) is 20.4. The molecule has 18 heavy (non-hydrogen) atoms. The number of hydrogen-bond acceptors (Lipinski definition) is 3. The fraction of sp³-hybridized carbons (Fsp3) is 0.538. The molecule has 1 amide bonds. The van der Waals surface area contributed by atoms with Crippen LogP contribution in [0.5, 0.6) is 0 Å². The number of carbonyl (C=O) groups excluding carboxylic acids is 1. The molecule has 0 radical (unpaired) electrons. The Morgan fingerprint density at radius 2 is 2.17 bits per heavy atom. The zero-order valence-corrected chi connectivity index (χ0v) is 12.4. The van der Waals surface area contributed by atoms with Gasteiger partial charge in [0.25, 0.3) is 0 Å². The Labute approximate surface area is 116 Å². The van der Waals surface area contributed by atoms with Crippen molar-refractivity contribution in [1.29, 1.82) is 0 Å². The van der Waals surface area contributed by atoms with Gasteiger partial charge >= 0.3 is 0 Å². The van der Waals surface area contributed by atoms with Gasteiger partial charge in [-0.15, -0.1) is 0 Å². The van der Waals surface area contributed by atoms with E-state index in [2.05, 4.69) is 39.7 Å². The summed E-state index contributed by atoms with van der Waals surface area (Å²) in [5.74, 6) is 1.13. The van der Waals surface area contributed by atoms with Crippen LogP contribution >= 0.6 is 15.9 Å². The first-order valence-corrected chi connectivity index (χ1v) is 7.22. The minimum absolute atomic E-state index is 0.161. The molecular formula is C13H18BrN3O. The zero-order chi connectivity index (χ0) is 13.1.